The molecule has 0 heterocycles. The Morgan fingerprint density at radius 1 is 1.15 bits per heavy atom. The highest BCUT2D eigenvalue weighted by Gasteiger charge is 2.24. The Kier molecular flexibility index (Phi) is 6.32. The number of rotatable bonds is 8. The largest absolute Gasteiger partial charge is 0.481 e. The Hall–Kier alpha value is -1.74. The molecule has 0 saturated heterocycles. The Morgan fingerprint density at radius 2 is 1.65 bits per heavy atom. The topological polar surface area (TPSA) is 118 Å². The average molecular weight is 317 g/mol. The molecule has 2 N–H and O–H groups in total. The maximum Gasteiger partial charge on any atom is 0.313 e. The average Bonchev–Trinajstić information content (AvgIpc) is 2.38. The summed E-state index contributed by atoms with van der Waals surface area (Å²) in [6, 6.07) is 5.91. The maximum absolute atomic E-state index is 11.0. The van der Waals surface area contributed by atoms with Crippen LogP contribution in [0.25, 0.3) is 0 Å². The van der Waals surface area contributed by atoms with Gasteiger partial charge in [0.05, 0.1) is 26.6 Å². The fourth-order valence-corrected chi connectivity index (χ4v) is 3.51. The number of carboxylic acids is 2. The van der Waals surface area contributed by atoms with E-state index in [1.54, 1.807) is 6.07 Å². The number of hydrogen-bond acceptors (Lipinski definition) is 6. The van der Waals surface area contributed by atoms with E-state index in [2.05, 4.69) is 0 Å². The Bertz CT molecular complexity index is 503. The molecule has 0 amide bonds. The normalized spacial score (nSPS) is 10.4. The first kappa shape index (κ1) is 16.3. The molecule has 108 valence electrons. The minimum absolute atomic E-state index is 0.145. The highest BCUT2D eigenvalue weighted by Crippen LogP contribution is 2.42. The number of nitrogens with zero attached hydrogens (tertiary/aromatic N) is 1. The summed E-state index contributed by atoms with van der Waals surface area (Å²) in [5.41, 5.74) is 0.170. The molecule has 0 radical (unpaired) electrons. The van der Waals surface area contributed by atoms with Gasteiger partial charge in [0.2, 0.25) is 0 Å². The molecule has 1 rings (SSSR count). The summed E-state index contributed by atoms with van der Waals surface area (Å²) in [4.78, 5) is 31.6. The van der Waals surface area contributed by atoms with E-state index in [4.69, 9.17) is 10.2 Å². The third kappa shape index (κ3) is 5.10. The lowest BCUT2D eigenvalue weighted by Crippen LogP contribution is -2.06. The summed E-state index contributed by atoms with van der Waals surface area (Å²) in [5.74, 6) is -2.64. The molecule has 0 aliphatic rings. The van der Waals surface area contributed by atoms with Gasteiger partial charge in [-0.2, -0.15) is 0 Å². The number of aliphatic carboxylic acids is 2. The van der Waals surface area contributed by atoms with Gasteiger partial charge >= 0.3 is 11.9 Å². The maximum atomic E-state index is 11.0. The van der Waals surface area contributed by atoms with Crippen LogP contribution in [0.1, 0.15) is 10.1 Å². The molecule has 0 atom stereocenters. The summed E-state index contributed by atoms with van der Waals surface area (Å²) in [5, 5.41) is 28.3. The van der Waals surface area contributed by atoms with Gasteiger partial charge in [-0.3, -0.25) is 19.7 Å². The van der Waals surface area contributed by atoms with Crippen LogP contribution in [0.4, 0.5) is 5.69 Å². The Labute approximate surface area is 122 Å². The summed E-state index contributed by atoms with van der Waals surface area (Å²) >= 11 is 1.90. The Balaban J connectivity index is 2.98. The van der Waals surface area contributed by atoms with Gasteiger partial charge in [0.1, 0.15) is 0 Å². The van der Waals surface area contributed by atoms with Crippen molar-refractivity contribution < 1.29 is 24.7 Å². The second kappa shape index (κ2) is 7.75. The zero-order valence-electron chi connectivity index (χ0n) is 10.1. The van der Waals surface area contributed by atoms with Crippen molar-refractivity contribution >= 4 is 41.1 Å². The number of para-hydroxylation sites is 1. The first-order valence-electron chi connectivity index (χ1n) is 5.32. The smallest absolute Gasteiger partial charge is 0.313 e. The van der Waals surface area contributed by atoms with Crippen molar-refractivity contribution in [1.82, 2.24) is 0 Å². The number of hydrogen-bond donors (Lipinski definition) is 2. The zero-order valence-corrected chi connectivity index (χ0v) is 11.7. The fourth-order valence-electron chi connectivity index (χ4n) is 1.37. The minimum Gasteiger partial charge on any atom is -0.481 e. The SMILES string of the molecule is O=C(O)CSC(SCC(=O)O)c1ccccc1[N+](=O)[O-]. The van der Waals surface area contributed by atoms with E-state index in [9.17, 15) is 19.7 Å². The van der Waals surface area contributed by atoms with Crippen LogP contribution in [-0.4, -0.2) is 38.6 Å². The molecule has 0 spiro atoms. The van der Waals surface area contributed by atoms with Crippen LogP contribution >= 0.6 is 23.5 Å². The van der Waals surface area contributed by atoms with Crippen LogP contribution in [0.3, 0.4) is 0 Å². The van der Waals surface area contributed by atoms with Crippen LogP contribution in [0.5, 0.6) is 0 Å². The van der Waals surface area contributed by atoms with E-state index in [1.165, 1.54) is 18.2 Å². The van der Waals surface area contributed by atoms with Crippen LogP contribution < -0.4 is 0 Å². The van der Waals surface area contributed by atoms with E-state index in [0.29, 0.717) is 5.56 Å². The van der Waals surface area contributed by atoms with Gasteiger partial charge < -0.3 is 10.2 Å². The molecular formula is C11H11NO6S2. The number of nitro benzene ring substituents is 1. The first-order chi connectivity index (χ1) is 9.41. The van der Waals surface area contributed by atoms with Gasteiger partial charge in [-0.05, 0) is 0 Å². The van der Waals surface area contributed by atoms with Crippen molar-refractivity contribution in [2.75, 3.05) is 11.5 Å². The second-order valence-corrected chi connectivity index (χ2v) is 6.04. The van der Waals surface area contributed by atoms with Crippen molar-refractivity contribution in [3.05, 3.63) is 39.9 Å². The van der Waals surface area contributed by atoms with Crippen LogP contribution in [0.15, 0.2) is 24.3 Å². The molecule has 0 aromatic heterocycles. The van der Waals surface area contributed by atoms with Gasteiger partial charge in [0.15, 0.2) is 0 Å². The van der Waals surface area contributed by atoms with E-state index in [0.717, 1.165) is 23.5 Å². The highest BCUT2D eigenvalue weighted by molar-refractivity contribution is 8.16. The van der Waals surface area contributed by atoms with E-state index < -0.39 is 21.4 Å². The number of carboxylic acid groups (broad SMARTS) is 2. The van der Waals surface area contributed by atoms with Gasteiger partial charge in [0, 0.05) is 6.07 Å². The molecule has 1 aromatic carbocycles. The molecular weight excluding hydrogens is 306 g/mol. The molecule has 20 heavy (non-hydrogen) atoms. The predicted octanol–water partition coefficient (Wildman–Crippen LogP) is 2.23. The lowest BCUT2D eigenvalue weighted by molar-refractivity contribution is -0.385. The quantitative estimate of drug-likeness (QED) is 0.426. The number of thioether (sulfide) groups is 2. The monoisotopic (exact) mass is 317 g/mol. The Morgan fingerprint density at radius 3 is 2.10 bits per heavy atom. The predicted molar refractivity (Wildman–Crippen MR) is 76.0 cm³/mol. The van der Waals surface area contributed by atoms with Gasteiger partial charge in [-0.25, -0.2) is 0 Å². The summed E-state index contributed by atoms with van der Waals surface area (Å²) < 4.78 is -0.621. The highest BCUT2D eigenvalue weighted by atomic mass is 32.2. The molecule has 1 aromatic rings. The summed E-state index contributed by atoms with van der Waals surface area (Å²) in [7, 11) is 0. The van der Waals surface area contributed by atoms with Crippen molar-refractivity contribution in [2.24, 2.45) is 0 Å². The fraction of sp³-hybridized carbons (Fsp3) is 0.273. The van der Waals surface area contributed by atoms with Crippen molar-refractivity contribution in [3.63, 3.8) is 0 Å². The van der Waals surface area contributed by atoms with Crippen molar-refractivity contribution in [3.8, 4) is 0 Å². The standard InChI is InChI=1S/C11H11NO6S2/c13-9(14)5-19-11(20-6-10(15)16)7-3-1-2-4-8(7)12(17)18/h1-4,11H,5-6H2,(H,13,14)(H,15,16). The molecule has 0 aliphatic carbocycles. The van der Waals surface area contributed by atoms with Crippen LogP contribution in [0, 0.1) is 10.1 Å². The molecule has 0 fully saturated rings. The number of nitro groups is 1. The molecule has 0 unspecified atom stereocenters. The number of benzene rings is 1. The van der Waals surface area contributed by atoms with Gasteiger partial charge in [0.25, 0.3) is 5.69 Å². The van der Waals surface area contributed by atoms with Gasteiger partial charge in [-0.1, -0.05) is 18.2 Å². The molecule has 7 nitrogen and oxygen atoms in total. The van der Waals surface area contributed by atoms with Crippen molar-refractivity contribution in [1.29, 1.82) is 0 Å². The van der Waals surface area contributed by atoms with Crippen LogP contribution in [-0.2, 0) is 9.59 Å². The van der Waals surface area contributed by atoms with Crippen molar-refractivity contribution in [2.45, 2.75) is 4.58 Å². The van der Waals surface area contributed by atoms with E-state index in [1.807, 2.05) is 0 Å². The van der Waals surface area contributed by atoms with E-state index in [-0.39, 0.29) is 17.2 Å². The lowest BCUT2D eigenvalue weighted by Gasteiger charge is -2.14. The van der Waals surface area contributed by atoms with Crippen LogP contribution in [0.2, 0.25) is 0 Å². The minimum atomic E-state index is -1.06. The third-order valence-corrected chi connectivity index (χ3v) is 4.86. The molecule has 0 aliphatic heterocycles. The molecule has 0 saturated carbocycles. The number of carbonyl (C=O) groups is 2. The third-order valence-electron chi connectivity index (χ3n) is 2.10. The van der Waals surface area contributed by atoms with E-state index >= 15 is 0 Å². The molecule has 0 bridgehead atoms. The molecule has 9 heteroatoms. The zero-order chi connectivity index (χ0) is 15.1. The second-order valence-electron chi connectivity index (χ2n) is 3.56. The summed E-state index contributed by atoms with van der Waals surface area (Å²) in [6.07, 6.45) is 0. The van der Waals surface area contributed by atoms with Gasteiger partial charge in [-0.15, -0.1) is 23.5 Å². The lowest BCUT2D eigenvalue weighted by atomic mass is 10.2. The first-order valence-corrected chi connectivity index (χ1v) is 7.41. The summed E-state index contributed by atoms with van der Waals surface area (Å²) in [6.45, 7) is 0.